The van der Waals surface area contributed by atoms with Gasteiger partial charge < -0.3 is 9.84 Å². The summed E-state index contributed by atoms with van der Waals surface area (Å²) in [5.74, 6) is 0.698. The number of nitrogens with zero attached hydrogens (tertiary/aromatic N) is 2. The first kappa shape index (κ1) is 12.0. The summed E-state index contributed by atoms with van der Waals surface area (Å²) in [5, 5.41) is 14.0. The van der Waals surface area contributed by atoms with Crippen LogP contribution in [0.3, 0.4) is 0 Å². The van der Waals surface area contributed by atoms with Crippen LogP contribution in [0.5, 0.6) is 5.75 Å². The molecule has 1 aromatic heterocycles. The molecular formula is C12H14N2O2S. The highest BCUT2D eigenvalue weighted by Gasteiger charge is 2.17. The third-order valence-corrected chi connectivity index (χ3v) is 2.94. The standard InChI is InChI=1S/C12H14N2O2S/c1-8(2)16-10-6-4-3-5-9(10)12(15)11-7-13-14-17-11/h3-8,12,15H,1-2H3. The molecule has 17 heavy (non-hydrogen) atoms. The molecule has 5 heteroatoms. The lowest BCUT2D eigenvalue weighted by Gasteiger charge is -2.16. The molecule has 0 bridgehead atoms. The highest BCUT2D eigenvalue weighted by atomic mass is 32.1. The maximum Gasteiger partial charge on any atom is 0.125 e. The molecule has 2 aromatic rings. The van der Waals surface area contributed by atoms with Crippen LogP contribution in [0.1, 0.15) is 30.4 Å². The van der Waals surface area contributed by atoms with Gasteiger partial charge in [-0.05, 0) is 31.4 Å². The molecule has 0 aliphatic rings. The summed E-state index contributed by atoms with van der Waals surface area (Å²) in [6, 6.07) is 7.47. The Morgan fingerprint density at radius 1 is 1.29 bits per heavy atom. The first-order valence-electron chi connectivity index (χ1n) is 5.39. The molecule has 0 amide bonds. The Bertz CT molecular complexity index is 471. The maximum absolute atomic E-state index is 10.2. The summed E-state index contributed by atoms with van der Waals surface area (Å²) in [6.45, 7) is 3.91. The molecule has 1 heterocycles. The molecule has 1 aromatic carbocycles. The first-order chi connectivity index (χ1) is 8.18. The van der Waals surface area contributed by atoms with Crippen LogP contribution in [0.4, 0.5) is 0 Å². The fraction of sp³-hybridized carbons (Fsp3) is 0.333. The molecule has 1 unspecified atom stereocenters. The van der Waals surface area contributed by atoms with Crippen molar-refractivity contribution in [3.8, 4) is 5.75 Å². The molecular weight excluding hydrogens is 236 g/mol. The minimum atomic E-state index is -0.732. The molecule has 2 rings (SSSR count). The number of rotatable bonds is 4. The lowest BCUT2D eigenvalue weighted by molar-refractivity contribution is 0.200. The molecule has 90 valence electrons. The molecule has 0 aliphatic heterocycles. The number of para-hydroxylation sites is 1. The molecule has 4 nitrogen and oxygen atoms in total. The Hall–Kier alpha value is -1.46. The zero-order valence-electron chi connectivity index (χ0n) is 9.70. The summed E-state index contributed by atoms with van der Waals surface area (Å²) < 4.78 is 9.42. The van der Waals surface area contributed by atoms with Gasteiger partial charge in [0.25, 0.3) is 0 Å². The highest BCUT2D eigenvalue weighted by molar-refractivity contribution is 7.05. The first-order valence-corrected chi connectivity index (χ1v) is 6.16. The van der Waals surface area contributed by atoms with E-state index in [1.54, 1.807) is 6.20 Å². The third kappa shape index (κ3) is 2.81. The second-order valence-corrected chi connectivity index (χ2v) is 4.74. The topological polar surface area (TPSA) is 55.2 Å². The van der Waals surface area contributed by atoms with Crippen LogP contribution in [0.15, 0.2) is 30.5 Å². The van der Waals surface area contributed by atoms with E-state index in [2.05, 4.69) is 9.59 Å². The van der Waals surface area contributed by atoms with Gasteiger partial charge >= 0.3 is 0 Å². The van der Waals surface area contributed by atoms with Crippen molar-refractivity contribution in [2.75, 3.05) is 0 Å². The van der Waals surface area contributed by atoms with Crippen molar-refractivity contribution >= 4 is 11.5 Å². The van der Waals surface area contributed by atoms with Crippen molar-refractivity contribution < 1.29 is 9.84 Å². The third-order valence-electron chi connectivity index (χ3n) is 2.22. The molecule has 1 atom stereocenters. The van der Waals surface area contributed by atoms with Gasteiger partial charge in [0.15, 0.2) is 0 Å². The van der Waals surface area contributed by atoms with E-state index in [1.165, 1.54) is 11.5 Å². The average Bonchev–Trinajstić information content (AvgIpc) is 2.81. The summed E-state index contributed by atoms with van der Waals surface area (Å²) in [5.41, 5.74) is 0.743. The Morgan fingerprint density at radius 2 is 2.06 bits per heavy atom. The van der Waals surface area contributed by atoms with E-state index in [0.717, 1.165) is 5.56 Å². The number of aliphatic hydroxyl groups excluding tert-OH is 1. The highest BCUT2D eigenvalue weighted by Crippen LogP contribution is 2.31. The zero-order valence-corrected chi connectivity index (χ0v) is 10.5. The zero-order chi connectivity index (χ0) is 12.3. The van der Waals surface area contributed by atoms with Crippen molar-refractivity contribution in [1.29, 1.82) is 0 Å². The monoisotopic (exact) mass is 250 g/mol. The van der Waals surface area contributed by atoms with Crippen LogP contribution in [0.25, 0.3) is 0 Å². The second-order valence-electron chi connectivity index (χ2n) is 3.93. The van der Waals surface area contributed by atoms with Crippen molar-refractivity contribution in [1.82, 2.24) is 9.59 Å². The van der Waals surface area contributed by atoms with Crippen LogP contribution in [-0.4, -0.2) is 20.8 Å². The van der Waals surface area contributed by atoms with Gasteiger partial charge in [0.05, 0.1) is 17.2 Å². The van der Waals surface area contributed by atoms with E-state index in [-0.39, 0.29) is 6.10 Å². The van der Waals surface area contributed by atoms with Crippen LogP contribution in [-0.2, 0) is 0 Å². The fourth-order valence-corrected chi connectivity index (χ4v) is 2.03. The molecule has 1 N–H and O–H groups in total. The Balaban J connectivity index is 2.31. The van der Waals surface area contributed by atoms with Gasteiger partial charge in [0, 0.05) is 5.56 Å². The molecule has 0 aliphatic carbocycles. The number of hydrogen-bond acceptors (Lipinski definition) is 5. The SMILES string of the molecule is CC(C)Oc1ccccc1C(O)c1cnns1. The van der Waals surface area contributed by atoms with E-state index in [1.807, 2.05) is 38.1 Å². The quantitative estimate of drug-likeness (QED) is 0.905. The predicted octanol–water partition coefficient (Wildman–Crippen LogP) is 2.41. The predicted molar refractivity (Wildman–Crippen MR) is 66.2 cm³/mol. The van der Waals surface area contributed by atoms with Crippen LogP contribution in [0.2, 0.25) is 0 Å². The number of ether oxygens (including phenoxy) is 1. The Labute approximate surface area is 104 Å². The van der Waals surface area contributed by atoms with Crippen molar-refractivity contribution in [2.24, 2.45) is 0 Å². The van der Waals surface area contributed by atoms with Gasteiger partial charge in [-0.2, -0.15) is 0 Å². The van der Waals surface area contributed by atoms with Gasteiger partial charge in [0.1, 0.15) is 11.9 Å². The summed E-state index contributed by atoms with van der Waals surface area (Å²) >= 11 is 1.19. The number of hydrogen-bond donors (Lipinski definition) is 1. The van der Waals surface area contributed by atoms with Crippen molar-refractivity contribution in [3.63, 3.8) is 0 Å². The van der Waals surface area contributed by atoms with E-state index < -0.39 is 6.10 Å². The fourth-order valence-electron chi connectivity index (χ4n) is 1.52. The lowest BCUT2D eigenvalue weighted by atomic mass is 10.1. The largest absolute Gasteiger partial charge is 0.491 e. The maximum atomic E-state index is 10.2. The Morgan fingerprint density at radius 3 is 2.71 bits per heavy atom. The van der Waals surface area contributed by atoms with Crippen LogP contribution < -0.4 is 4.74 Å². The normalized spacial score (nSPS) is 12.7. The van der Waals surface area contributed by atoms with Crippen LogP contribution >= 0.6 is 11.5 Å². The van der Waals surface area contributed by atoms with Gasteiger partial charge in [0.2, 0.25) is 0 Å². The molecule has 0 radical (unpaired) electrons. The summed E-state index contributed by atoms with van der Waals surface area (Å²) in [6.07, 6.45) is 0.912. The number of benzene rings is 1. The van der Waals surface area contributed by atoms with Crippen molar-refractivity contribution in [2.45, 2.75) is 26.1 Å². The number of aromatic nitrogens is 2. The Kier molecular flexibility index (Phi) is 3.71. The van der Waals surface area contributed by atoms with E-state index >= 15 is 0 Å². The lowest BCUT2D eigenvalue weighted by Crippen LogP contribution is -2.09. The summed E-state index contributed by atoms with van der Waals surface area (Å²) in [4.78, 5) is 0.713. The molecule has 0 saturated carbocycles. The average molecular weight is 250 g/mol. The minimum absolute atomic E-state index is 0.0722. The van der Waals surface area contributed by atoms with E-state index in [9.17, 15) is 5.11 Å². The van der Waals surface area contributed by atoms with E-state index in [0.29, 0.717) is 10.6 Å². The number of aliphatic hydroxyl groups is 1. The van der Waals surface area contributed by atoms with E-state index in [4.69, 9.17) is 4.74 Å². The molecule has 0 saturated heterocycles. The minimum Gasteiger partial charge on any atom is -0.491 e. The van der Waals surface area contributed by atoms with Crippen LogP contribution in [0, 0.1) is 0 Å². The van der Waals surface area contributed by atoms with Gasteiger partial charge in [-0.15, -0.1) is 5.10 Å². The van der Waals surface area contributed by atoms with Gasteiger partial charge in [-0.3, -0.25) is 0 Å². The molecule has 0 spiro atoms. The second kappa shape index (κ2) is 5.25. The summed E-state index contributed by atoms with van der Waals surface area (Å²) in [7, 11) is 0. The smallest absolute Gasteiger partial charge is 0.125 e. The molecule has 0 fully saturated rings. The van der Waals surface area contributed by atoms with Gasteiger partial charge in [-0.1, -0.05) is 22.7 Å². The van der Waals surface area contributed by atoms with Gasteiger partial charge in [-0.25, -0.2) is 0 Å². The van der Waals surface area contributed by atoms with Crippen molar-refractivity contribution in [3.05, 3.63) is 40.9 Å².